The molecular formula is C20H24N2O3. The van der Waals surface area contributed by atoms with Crippen LogP contribution in [0.4, 0.5) is 0 Å². The largest absolute Gasteiger partial charge is 0.489 e. The number of hydrogen-bond acceptors (Lipinski definition) is 4. The fourth-order valence-corrected chi connectivity index (χ4v) is 3.98. The molecule has 2 fully saturated rings. The standard InChI is InChI=1S/C20H24N2O3/c23-20(21-17-9-12-22-11-5-4-8-18(17)22)19-15(10-13-24-19)14-25-16-6-2-1-3-7-16/h1-3,6-7,10,13,17-18H,4-5,8-9,11-12,14H2,(H,21,23)/t17-,18+/m0/s1. The maximum Gasteiger partial charge on any atom is 0.287 e. The summed E-state index contributed by atoms with van der Waals surface area (Å²) in [5.41, 5.74) is 0.778. The number of rotatable bonds is 5. The van der Waals surface area contributed by atoms with Gasteiger partial charge in [0.25, 0.3) is 5.91 Å². The molecule has 3 heterocycles. The summed E-state index contributed by atoms with van der Waals surface area (Å²) in [5.74, 6) is 1.02. The predicted octanol–water partition coefficient (Wildman–Crippen LogP) is 3.22. The Hall–Kier alpha value is -2.27. The summed E-state index contributed by atoms with van der Waals surface area (Å²) < 4.78 is 11.2. The number of carbonyl (C=O) groups excluding carboxylic acids is 1. The van der Waals surface area contributed by atoms with Crippen molar-refractivity contribution in [3.8, 4) is 5.75 Å². The van der Waals surface area contributed by atoms with Crippen molar-refractivity contribution in [2.75, 3.05) is 13.1 Å². The highest BCUT2D eigenvalue weighted by Gasteiger charge is 2.36. The Morgan fingerprint density at radius 2 is 2.04 bits per heavy atom. The van der Waals surface area contributed by atoms with Crippen LogP contribution >= 0.6 is 0 Å². The molecule has 0 aliphatic carbocycles. The maximum atomic E-state index is 12.7. The number of benzene rings is 1. The third-order valence-electron chi connectivity index (χ3n) is 5.26. The molecule has 25 heavy (non-hydrogen) atoms. The molecule has 1 aromatic heterocycles. The van der Waals surface area contributed by atoms with Crippen molar-refractivity contribution in [3.63, 3.8) is 0 Å². The molecule has 4 rings (SSSR count). The number of ether oxygens (including phenoxy) is 1. The van der Waals surface area contributed by atoms with Crippen LogP contribution in [0.2, 0.25) is 0 Å². The molecule has 2 atom stereocenters. The summed E-state index contributed by atoms with van der Waals surface area (Å²) >= 11 is 0. The first kappa shape index (κ1) is 16.2. The van der Waals surface area contributed by atoms with Crippen LogP contribution in [0, 0.1) is 0 Å². The molecule has 1 amide bonds. The van der Waals surface area contributed by atoms with Gasteiger partial charge < -0.3 is 14.5 Å². The van der Waals surface area contributed by atoms with Gasteiger partial charge in [-0.3, -0.25) is 9.69 Å². The first-order valence-corrected chi connectivity index (χ1v) is 9.10. The number of piperidine rings is 1. The number of carbonyl (C=O) groups is 1. The molecule has 0 spiro atoms. The van der Waals surface area contributed by atoms with E-state index in [2.05, 4.69) is 10.2 Å². The number of nitrogens with zero attached hydrogens (tertiary/aromatic N) is 1. The average molecular weight is 340 g/mol. The molecule has 2 aliphatic rings. The molecular weight excluding hydrogens is 316 g/mol. The van der Waals surface area contributed by atoms with Crippen LogP contribution in [-0.4, -0.2) is 36.0 Å². The van der Waals surface area contributed by atoms with Crippen molar-refractivity contribution in [2.24, 2.45) is 0 Å². The monoisotopic (exact) mass is 340 g/mol. The highest BCUT2D eigenvalue weighted by atomic mass is 16.5. The first-order chi connectivity index (χ1) is 12.3. The Morgan fingerprint density at radius 3 is 2.92 bits per heavy atom. The lowest BCUT2D eigenvalue weighted by atomic mass is 9.99. The van der Waals surface area contributed by atoms with Crippen molar-refractivity contribution in [2.45, 2.75) is 44.4 Å². The zero-order chi connectivity index (χ0) is 17.1. The van der Waals surface area contributed by atoms with E-state index in [0.29, 0.717) is 18.4 Å². The van der Waals surface area contributed by atoms with Gasteiger partial charge in [-0.15, -0.1) is 0 Å². The van der Waals surface area contributed by atoms with E-state index in [4.69, 9.17) is 9.15 Å². The average Bonchev–Trinajstić information content (AvgIpc) is 3.28. The van der Waals surface area contributed by atoms with Crippen LogP contribution in [-0.2, 0) is 6.61 Å². The topological polar surface area (TPSA) is 54.7 Å². The van der Waals surface area contributed by atoms with Crippen LogP contribution in [0.1, 0.15) is 41.8 Å². The third kappa shape index (κ3) is 3.56. The van der Waals surface area contributed by atoms with Crippen LogP contribution in [0.5, 0.6) is 5.75 Å². The molecule has 2 aliphatic heterocycles. The number of fused-ring (bicyclic) bond motifs is 1. The number of amides is 1. The molecule has 5 heteroatoms. The second-order valence-electron chi connectivity index (χ2n) is 6.84. The fraction of sp³-hybridized carbons (Fsp3) is 0.450. The van der Waals surface area contributed by atoms with E-state index in [9.17, 15) is 4.79 Å². The smallest absolute Gasteiger partial charge is 0.287 e. The van der Waals surface area contributed by atoms with Crippen LogP contribution in [0.15, 0.2) is 47.1 Å². The predicted molar refractivity (Wildman–Crippen MR) is 94.6 cm³/mol. The van der Waals surface area contributed by atoms with Gasteiger partial charge in [-0.1, -0.05) is 24.6 Å². The van der Waals surface area contributed by atoms with Gasteiger partial charge in [0.15, 0.2) is 5.76 Å². The summed E-state index contributed by atoms with van der Waals surface area (Å²) in [7, 11) is 0. The molecule has 1 aromatic carbocycles. The molecule has 0 saturated carbocycles. The Morgan fingerprint density at radius 1 is 1.16 bits per heavy atom. The molecule has 2 saturated heterocycles. The normalized spacial score (nSPS) is 23.2. The first-order valence-electron chi connectivity index (χ1n) is 9.10. The van der Waals surface area contributed by atoms with E-state index in [-0.39, 0.29) is 11.9 Å². The van der Waals surface area contributed by atoms with Gasteiger partial charge in [-0.2, -0.15) is 0 Å². The number of furan rings is 1. The highest BCUT2D eigenvalue weighted by Crippen LogP contribution is 2.27. The molecule has 0 radical (unpaired) electrons. The second-order valence-corrected chi connectivity index (χ2v) is 6.84. The van der Waals surface area contributed by atoms with Crippen LogP contribution in [0.3, 0.4) is 0 Å². The Labute approximate surface area is 148 Å². The molecule has 0 bridgehead atoms. The molecule has 0 unspecified atom stereocenters. The highest BCUT2D eigenvalue weighted by molar-refractivity contribution is 5.93. The van der Waals surface area contributed by atoms with E-state index in [1.807, 2.05) is 30.3 Å². The maximum absolute atomic E-state index is 12.7. The van der Waals surface area contributed by atoms with E-state index >= 15 is 0 Å². The van der Waals surface area contributed by atoms with Crippen molar-refractivity contribution in [1.29, 1.82) is 0 Å². The molecule has 1 N–H and O–H groups in total. The van der Waals surface area contributed by atoms with Crippen molar-refractivity contribution >= 4 is 5.91 Å². The van der Waals surface area contributed by atoms with Crippen LogP contribution in [0.25, 0.3) is 0 Å². The van der Waals surface area contributed by atoms with Gasteiger partial charge in [0.05, 0.1) is 6.26 Å². The van der Waals surface area contributed by atoms with Crippen molar-refractivity contribution < 1.29 is 13.9 Å². The summed E-state index contributed by atoms with van der Waals surface area (Å²) in [6, 6.07) is 12.1. The number of para-hydroxylation sites is 1. The van der Waals surface area contributed by atoms with Gasteiger partial charge in [0.1, 0.15) is 12.4 Å². The third-order valence-corrected chi connectivity index (χ3v) is 5.26. The summed E-state index contributed by atoms with van der Waals surface area (Å²) in [6.07, 6.45) is 6.28. The molecule has 2 aromatic rings. The summed E-state index contributed by atoms with van der Waals surface area (Å²) in [6.45, 7) is 2.56. The van der Waals surface area contributed by atoms with Crippen LogP contribution < -0.4 is 10.1 Å². The van der Waals surface area contributed by atoms with Gasteiger partial charge in [-0.25, -0.2) is 0 Å². The lowest BCUT2D eigenvalue weighted by Crippen LogP contribution is -2.46. The van der Waals surface area contributed by atoms with Gasteiger partial charge in [-0.05, 0) is 44.0 Å². The van der Waals surface area contributed by atoms with E-state index in [0.717, 1.165) is 30.8 Å². The zero-order valence-corrected chi connectivity index (χ0v) is 14.3. The second kappa shape index (κ2) is 7.31. The minimum absolute atomic E-state index is 0.130. The summed E-state index contributed by atoms with van der Waals surface area (Å²) in [4.78, 5) is 15.2. The van der Waals surface area contributed by atoms with Gasteiger partial charge in [0.2, 0.25) is 0 Å². The quantitative estimate of drug-likeness (QED) is 0.908. The Bertz CT molecular complexity index is 713. The Kier molecular flexibility index (Phi) is 4.74. The van der Waals surface area contributed by atoms with Gasteiger partial charge >= 0.3 is 0 Å². The van der Waals surface area contributed by atoms with Crippen molar-refractivity contribution in [3.05, 3.63) is 54.0 Å². The lowest BCUT2D eigenvalue weighted by molar-refractivity contribution is 0.0884. The minimum atomic E-state index is -0.130. The SMILES string of the molecule is O=C(N[C@H]1CCN2CCCC[C@H]12)c1occc1COc1ccccc1. The van der Waals surface area contributed by atoms with E-state index in [1.165, 1.54) is 19.3 Å². The van der Waals surface area contributed by atoms with Gasteiger partial charge in [0, 0.05) is 24.2 Å². The zero-order valence-electron chi connectivity index (χ0n) is 14.3. The number of hydrogen-bond donors (Lipinski definition) is 1. The van der Waals surface area contributed by atoms with E-state index in [1.54, 1.807) is 12.3 Å². The summed E-state index contributed by atoms with van der Waals surface area (Å²) in [5, 5.41) is 3.19. The minimum Gasteiger partial charge on any atom is -0.489 e. The van der Waals surface area contributed by atoms with E-state index < -0.39 is 0 Å². The lowest BCUT2D eigenvalue weighted by Gasteiger charge is -2.32. The van der Waals surface area contributed by atoms with Crippen molar-refractivity contribution in [1.82, 2.24) is 10.2 Å². The molecule has 5 nitrogen and oxygen atoms in total. The molecule has 132 valence electrons. The fourth-order valence-electron chi connectivity index (χ4n) is 3.98. The number of nitrogens with one attached hydrogen (secondary N) is 1. The Balaban J connectivity index is 1.38.